The van der Waals surface area contributed by atoms with Crippen molar-refractivity contribution in [2.75, 3.05) is 12.8 Å². The number of halogens is 1. The third kappa shape index (κ3) is 3.96. The zero-order valence-corrected chi connectivity index (χ0v) is 11.1. The van der Waals surface area contributed by atoms with Gasteiger partial charge in [0.1, 0.15) is 0 Å². The Morgan fingerprint density at radius 3 is 2.73 bits per heavy atom. The molecule has 0 atom stereocenters. The van der Waals surface area contributed by atoms with Crippen LogP contribution in [-0.2, 0) is 0 Å². The highest BCUT2D eigenvalue weighted by molar-refractivity contribution is 7.99. The van der Waals surface area contributed by atoms with Gasteiger partial charge >= 0.3 is 0 Å². The van der Waals surface area contributed by atoms with Crippen LogP contribution < -0.4 is 5.32 Å². The molecule has 0 bridgehead atoms. The molecule has 0 radical (unpaired) electrons. The monoisotopic (exact) mass is 265 g/mol. The minimum atomic E-state index is -0.221. The van der Waals surface area contributed by atoms with Gasteiger partial charge in [-0.1, -0.05) is 11.3 Å². The molecule has 0 aliphatic carbocycles. The molecular formula is C8H12ClN3OS2. The van der Waals surface area contributed by atoms with Gasteiger partial charge in [-0.15, -0.1) is 10.2 Å². The Balaban J connectivity index is 2.50. The van der Waals surface area contributed by atoms with E-state index in [4.69, 9.17) is 11.6 Å². The van der Waals surface area contributed by atoms with Gasteiger partial charge in [0.15, 0.2) is 0 Å². The Morgan fingerprint density at radius 1 is 1.60 bits per heavy atom. The normalized spacial score (nSPS) is 11.5. The highest BCUT2D eigenvalue weighted by Gasteiger charge is 2.19. The molecule has 15 heavy (non-hydrogen) atoms. The summed E-state index contributed by atoms with van der Waals surface area (Å²) in [6.45, 7) is 4.71. The molecule has 0 aromatic carbocycles. The highest BCUT2D eigenvalue weighted by Crippen LogP contribution is 2.20. The Labute approximate surface area is 102 Å². The number of nitrogens with one attached hydrogen (secondary N) is 1. The number of carbonyl (C=O) groups is 1. The summed E-state index contributed by atoms with van der Waals surface area (Å²) in [7, 11) is 0. The predicted octanol–water partition coefficient (Wildman–Crippen LogP) is 2.06. The first-order valence-electron chi connectivity index (χ1n) is 4.27. The number of carbonyl (C=O) groups excluding carboxylic acids is 1. The van der Waals surface area contributed by atoms with Crippen LogP contribution in [0, 0.1) is 0 Å². The fourth-order valence-electron chi connectivity index (χ4n) is 0.738. The van der Waals surface area contributed by atoms with Crippen LogP contribution in [-0.4, -0.2) is 33.7 Å². The van der Waals surface area contributed by atoms with E-state index in [1.165, 1.54) is 0 Å². The van der Waals surface area contributed by atoms with Crippen LogP contribution in [0.2, 0.25) is 4.47 Å². The van der Waals surface area contributed by atoms with Gasteiger partial charge in [-0.25, -0.2) is 0 Å². The quantitative estimate of drug-likeness (QED) is 0.906. The van der Waals surface area contributed by atoms with Crippen LogP contribution in [0.15, 0.2) is 0 Å². The molecule has 1 amide bonds. The number of amides is 1. The van der Waals surface area contributed by atoms with Crippen molar-refractivity contribution >= 4 is 40.6 Å². The lowest BCUT2D eigenvalue weighted by Crippen LogP contribution is -2.36. The number of nitrogens with zero attached hydrogens (tertiary/aromatic N) is 2. The molecular weight excluding hydrogens is 254 g/mol. The van der Waals surface area contributed by atoms with Gasteiger partial charge in [0.25, 0.3) is 5.91 Å². The second kappa shape index (κ2) is 5.14. The molecule has 0 fully saturated rings. The SMILES string of the molecule is CSC(C)(C)CNC(=O)c1nnc(Cl)s1. The Kier molecular flexibility index (Phi) is 4.36. The zero-order chi connectivity index (χ0) is 11.5. The second-order valence-corrected chi connectivity index (χ2v) is 6.58. The molecule has 1 aromatic rings. The maximum Gasteiger partial charge on any atom is 0.282 e. The lowest BCUT2D eigenvalue weighted by atomic mass is 10.2. The van der Waals surface area contributed by atoms with Gasteiger partial charge in [-0.2, -0.15) is 11.8 Å². The highest BCUT2D eigenvalue weighted by atomic mass is 35.5. The van der Waals surface area contributed by atoms with Crippen molar-refractivity contribution in [2.45, 2.75) is 18.6 Å². The Morgan fingerprint density at radius 2 is 2.27 bits per heavy atom. The smallest absolute Gasteiger partial charge is 0.282 e. The van der Waals surface area contributed by atoms with Crippen molar-refractivity contribution in [1.29, 1.82) is 0 Å². The second-order valence-electron chi connectivity index (χ2n) is 3.51. The summed E-state index contributed by atoms with van der Waals surface area (Å²) in [4.78, 5) is 11.5. The predicted molar refractivity (Wildman–Crippen MR) is 64.8 cm³/mol. The molecule has 0 aliphatic rings. The lowest BCUT2D eigenvalue weighted by molar-refractivity contribution is 0.0949. The van der Waals surface area contributed by atoms with Gasteiger partial charge < -0.3 is 5.32 Å². The number of rotatable bonds is 4. The van der Waals surface area contributed by atoms with E-state index < -0.39 is 0 Å². The Bertz CT molecular complexity index is 353. The molecule has 1 N–H and O–H groups in total. The average molecular weight is 266 g/mol. The lowest BCUT2D eigenvalue weighted by Gasteiger charge is -2.21. The van der Waals surface area contributed by atoms with E-state index in [0.717, 1.165) is 11.3 Å². The number of thioether (sulfide) groups is 1. The van der Waals surface area contributed by atoms with Crippen LogP contribution in [0.1, 0.15) is 23.6 Å². The summed E-state index contributed by atoms with van der Waals surface area (Å²) in [5.74, 6) is -0.221. The van der Waals surface area contributed by atoms with Gasteiger partial charge in [0.2, 0.25) is 9.47 Å². The minimum Gasteiger partial charge on any atom is -0.349 e. The Hall–Kier alpha value is -0.330. The van der Waals surface area contributed by atoms with Gasteiger partial charge in [-0.05, 0) is 31.7 Å². The van der Waals surface area contributed by atoms with Crippen LogP contribution in [0.25, 0.3) is 0 Å². The number of hydrogen-bond acceptors (Lipinski definition) is 5. The van der Waals surface area contributed by atoms with E-state index in [1.54, 1.807) is 11.8 Å². The van der Waals surface area contributed by atoms with Crippen molar-refractivity contribution in [3.63, 3.8) is 0 Å². The van der Waals surface area contributed by atoms with E-state index in [0.29, 0.717) is 11.6 Å². The van der Waals surface area contributed by atoms with Crippen LogP contribution in [0.3, 0.4) is 0 Å². The summed E-state index contributed by atoms with van der Waals surface area (Å²) in [6, 6.07) is 0. The average Bonchev–Trinajstić information content (AvgIpc) is 2.61. The summed E-state index contributed by atoms with van der Waals surface area (Å²) in [5, 5.41) is 10.3. The molecule has 1 rings (SSSR count). The molecule has 7 heteroatoms. The topological polar surface area (TPSA) is 54.9 Å². The van der Waals surface area contributed by atoms with E-state index >= 15 is 0 Å². The van der Waals surface area contributed by atoms with E-state index in [1.807, 2.05) is 6.26 Å². The number of hydrogen-bond donors (Lipinski definition) is 1. The summed E-state index contributed by atoms with van der Waals surface area (Å²) in [5.41, 5.74) is 0. The van der Waals surface area contributed by atoms with E-state index in [2.05, 4.69) is 29.4 Å². The fraction of sp³-hybridized carbons (Fsp3) is 0.625. The third-order valence-corrected chi connectivity index (χ3v) is 4.09. The zero-order valence-electron chi connectivity index (χ0n) is 8.70. The molecule has 84 valence electrons. The van der Waals surface area contributed by atoms with Crippen molar-refractivity contribution in [3.05, 3.63) is 9.47 Å². The molecule has 0 unspecified atom stereocenters. The van der Waals surface area contributed by atoms with Crippen molar-refractivity contribution in [3.8, 4) is 0 Å². The van der Waals surface area contributed by atoms with Gasteiger partial charge in [-0.3, -0.25) is 4.79 Å². The van der Waals surface area contributed by atoms with Crippen LogP contribution in [0.5, 0.6) is 0 Å². The molecule has 4 nitrogen and oxygen atoms in total. The summed E-state index contributed by atoms with van der Waals surface area (Å²) >= 11 is 8.36. The first kappa shape index (κ1) is 12.7. The summed E-state index contributed by atoms with van der Waals surface area (Å²) in [6.07, 6.45) is 2.01. The first-order valence-corrected chi connectivity index (χ1v) is 6.69. The van der Waals surface area contributed by atoms with Crippen LogP contribution in [0.4, 0.5) is 0 Å². The fourth-order valence-corrected chi connectivity index (χ4v) is 1.70. The van der Waals surface area contributed by atoms with E-state index in [-0.39, 0.29) is 15.1 Å². The van der Waals surface area contributed by atoms with Gasteiger partial charge in [0, 0.05) is 11.3 Å². The number of aromatic nitrogens is 2. The first-order chi connectivity index (χ1) is 6.94. The summed E-state index contributed by atoms with van der Waals surface area (Å²) < 4.78 is 0.300. The maximum absolute atomic E-state index is 11.5. The van der Waals surface area contributed by atoms with Gasteiger partial charge in [0.05, 0.1) is 0 Å². The third-order valence-electron chi connectivity index (χ3n) is 1.82. The van der Waals surface area contributed by atoms with Crippen molar-refractivity contribution in [1.82, 2.24) is 15.5 Å². The van der Waals surface area contributed by atoms with Crippen molar-refractivity contribution in [2.24, 2.45) is 0 Å². The molecule has 0 aliphatic heterocycles. The molecule has 0 saturated heterocycles. The molecule has 0 spiro atoms. The molecule has 1 heterocycles. The molecule has 1 aromatic heterocycles. The van der Waals surface area contributed by atoms with E-state index in [9.17, 15) is 4.79 Å². The minimum absolute atomic E-state index is 0.0180. The van der Waals surface area contributed by atoms with Crippen molar-refractivity contribution < 1.29 is 4.79 Å². The maximum atomic E-state index is 11.5. The molecule has 0 saturated carbocycles. The van der Waals surface area contributed by atoms with Crippen LogP contribution >= 0.6 is 34.7 Å². The standard InChI is InChI=1S/C8H12ClN3OS2/c1-8(2,14-3)4-10-5(13)6-11-12-7(9)15-6/h4H2,1-3H3,(H,10,13). The largest absolute Gasteiger partial charge is 0.349 e.